The van der Waals surface area contributed by atoms with Crippen LogP contribution in [-0.4, -0.2) is 25.7 Å². The Labute approximate surface area is 119 Å². The van der Waals surface area contributed by atoms with Crippen LogP contribution in [0.25, 0.3) is 16.9 Å². The third kappa shape index (κ3) is 2.02. The molecule has 0 bridgehead atoms. The van der Waals surface area contributed by atoms with E-state index in [1.807, 2.05) is 12.1 Å². The van der Waals surface area contributed by atoms with Gasteiger partial charge < -0.3 is 5.11 Å². The summed E-state index contributed by atoms with van der Waals surface area (Å²) in [5.74, 6) is -1.06. The van der Waals surface area contributed by atoms with Crippen molar-refractivity contribution in [3.8, 4) is 11.3 Å². The molecule has 0 aliphatic rings. The minimum atomic E-state index is -1.06. The van der Waals surface area contributed by atoms with Gasteiger partial charge in [0, 0.05) is 16.7 Å². The lowest BCUT2D eigenvalue weighted by molar-refractivity contribution is 0.0687. The fraction of sp³-hybridized carbons (Fsp3) is 0.0714. The molecule has 3 aromatic rings. The first kappa shape index (κ1) is 12.6. The number of benzene rings is 1. The monoisotopic (exact) mass is 287 g/mol. The molecule has 100 valence electrons. The van der Waals surface area contributed by atoms with Gasteiger partial charge in [0.05, 0.1) is 11.4 Å². The zero-order valence-corrected chi connectivity index (χ0v) is 11.3. The van der Waals surface area contributed by atoms with Gasteiger partial charge in [-0.1, -0.05) is 29.8 Å². The van der Waals surface area contributed by atoms with Crippen LogP contribution in [-0.2, 0) is 0 Å². The SMILES string of the molecule is Cc1cc2nc(-c3ccccc3Cl)cc(C(=O)O)n2n1. The first-order valence-corrected chi connectivity index (χ1v) is 6.29. The summed E-state index contributed by atoms with van der Waals surface area (Å²) >= 11 is 6.14. The molecule has 2 aromatic heterocycles. The number of rotatable bonds is 2. The van der Waals surface area contributed by atoms with Crippen molar-refractivity contribution in [2.24, 2.45) is 0 Å². The van der Waals surface area contributed by atoms with E-state index >= 15 is 0 Å². The van der Waals surface area contributed by atoms with Crippen molar-refractivity contribution >= 4 is 23.2 Å². The van der Waals surface area contributed by atoms with Gasteiger partial charge in [0.2, 0.25) is 0 Å². The smallest absolute Gasteiger partial charge is 0.354 e. The molecule has 2 heterocycles. The molecule has 0 amide bonds. The Bertz CT molecular complexity index is 826. The molecule has 1 aromatic carbocycles. The van der Waals surface area contributed by atoms with Crippen LogP contribution in [0.5, 0.6) is 0 Å². The van der Waals surface area contributed by atoms with E-state index in [2.05, 4.69) is 10.1 Å². The average Bonchev–Trinajstić information content (AvgIpc) is 2.77. The van der Waals surface area contributed by atoms with Gasteiger partial charge in [0.25, 0.3) is 0 Å². The van der Waals surface area contributed by atoms with E-state index < -0.39 is 5.97 Å². The molecule has 0 aliphatic carbocycles. The van der Waals surface area contributed by atoms with Gasteiger partial charge in [0.1, 0.15) is 0 Å². The average molecular weight is 288 g/mol. The molecular weight excluding hydrogens is 278 g/mol. The second-order valence-electron chi connectivity index (χ2n) is 4.37. The second-order valence-corrected chi connectivity index (χ2v) is 4.77. The lowest BCUT2D eigenvalue weighted by Crippen LogP contribution is -2.08. The van der Waals surface area contributed by atoms with Crippen LogP contribution >= 0.6 is 11.6 Å². The van der Waals surface area contributed by atoms with Crippen LogP contribution in [0.2, 0.25) is 5.02 Å². The summed E-state index contributed by atoms with van der Waals surface area (Å²) in [6.07, 6.45) is 0. The molecule has 0 fully saturated rings. The molecular formula is C14H10ClN3O2. The normalized spacial score (nSPS) is 10.9. The van der Waals surface area contributed by atoms with Gasteiger partial charge in [-0.15, -0.1) is 0 Å². The first-order valence-electron chi connectivity index (χ1n) is 5.92. The number of hydrogen-bond acceptors (Lipinski definition) is 3. The zero-order valence-electron chi connectivity index (χ0n) is 10.5. The summed E-state index contributed by atoms with van der Waals surface area (Å²) in [7, 11) is 0. The lowest BCUT2D eigenvalue weighted by atomic mass is 10.1. The number of aryl methyl sites for hydroxylation is 1. The number of fused-ring (bicyclic) bond motifs is 1. The molecule has 20 heavy (non-hydrogen) atoms. The van der Waals surface area contributed by atoms with Crippen molar-refractivity contribution in [1.29, 1.82) is 0 Å². The largest absolute Gasteiger partial charge is 0.477 e. The summed E-state index contributed by atoms with van der Waals surface area (Å²) in [5.41, 5.74) is 2.45. The molecule has 1 N–H and O–H groups in total. The molecule has 0 unspecified atom stereocenters. The topological polar surface area (TPSA) is 67.5 Å². The minimum Gasteiger partial charge on any atom is -0.477 e. The van der Waals surface area contributed by atoms with E-state index in [1.54, 1.807) is 25.1 Å². The van der Waals surface area contributed by atoms with Crippen molar-refractivity contribution in [1.82, 2.24) is 14.6 Å². The summed E-state index contributed by atoms with van der Waals surface area (Å²) in [6, 6.07) is 10.4. The van der Waals surface area contributed by atoms with E-state index in [-0.39, 0.29) is 5.69 Å². The molecule has 0 radical (unpaired) electrons. The second kappa shape index (κ2) is 4.61. The van der Waals surface area contributed by atoms with Gasteiger partial charge in [-0.2, -0.15) is 5.10 Å². The molecule has 0 spiro atoms. The fourth-order valence-electron chi connectivity index (χ4n) is 2.05. The van der Waals surface area contributed by atoms with Crippen LogP contribution in [0.4, 0.5) is 0 Å². The van der Waals surface area contributed by atoms with Crippen molar-refractivity contribution in [3.63, 3.8) is 0 Å². The molecule has 3 rings (SSSR count). The minimum absolute atomic E-state index is 0.0537. The maximum absolute atomic E-state index is 11.4. The Hall–Kier alpha value is -2.40. The van der Waals surface area contributed by atoms with E-state index in [0.29, 0.717) is 27.6 Å². The summed E-state index contributed by atoms with van der Waals surface area (Å²) < 4.78 is 1.32. The van der Waals surface area contributed by atoms with E-state index in [1.165, 1.54) is 10.6 Å². The standard InChI is InChI=1S/C14H10ClN3O2/c1-8-6-13-16-11(9-4-2-3-5-10(9)15)7-12(14(19)20)18(13)17-8/h2-7H,1H3,(H,19,20). The molecule has 0 aliphatic heterocycles. The maximum Gasteiger partial charge on any atom is 0.354 e. The Morgan fingerprint density at radius 1 is 1.30 bits per heavy atom. The highest BCUT2D eigenvalue weighted by Gasteiger charge is 2.15. The number of aromatic carboxylic acids is 1. The van der Waals surface area contributed by atoms with Crippen molar-refractivity contribution in [3.05, 3.63) is 52.8 Å². The van der Waals surface area contributed by atoms with E-state index in [4.69, 9.17) is 11.6 Å². The molecule has 6 heteroatoms. The van der Waals surface area contributed by atoms with E-state index in [0.717, 1.165) is 0 Å². The van der Waals surface area contributed by atoms with Crippen LogP contribution in [0.3, 0.4) is 0 Å². The Morgan fingerprint density at radius 3 is 2.75 bits per heavy atom. The highest BCUT2D eigenvalue weighted by Crippen LogP contribution is 2.27. The number of carboxylic acids is 1. The molecule has 0 saturated heterocycles. The van der Waals surface area contributed by atoms with E-state index in [9.17, 15) is 9.90 Å². The van der Waals surface area contributed by atoms with Crippen LogP contribution in [0.1, 0.15) is 16.2 Å². The van der Waals surface area contributed by atoms with Crippen LogP contribution in [0.15, 0.2) is 36.4 Å². The summed E-state index contributed by atoms with van der Waals surface area (Å²) in [6.45, 7) is 1.79. The third-order valence-electron chi connectivity index (χ3n) is 2.92. The summed E-state index contributed by atoms with van der Waals surface area (Å²) in [5, 5.41) is 14.0. The quantitative estimate of drug-likeness (QED) is 0.786. The number of halogens is 1. The van der Waals surface area contributed by atoms with Crippen LogP contribution in [0, 0.1) is 6.92 Å². The van der Waals surface area contributed by atoms with Crippen molar-refractivity contribution in [2.45, 2.75) is 6.92 Å². The predicted molar refractivity (Wildman–Crippen MR) is 75.1 cm³/mol. The summed E-state index contributed by atoms with van der Waals surface area (Å²) in [4.78, 5) is 15.8. The Morgan fingerprint density at radius 2 is 2.05 bits per heavy atom. The highest BCUT2D eigenvalue weighted by molar-refractivity contribution is 6.33. The predicted octanol–water partition coefficient (Wildman–Crippen LogP) is 3.06. The molecule has 0 atom stereocenters. The maximum atomic E-state index is 11.4. The van der Waals surface area contributed by atoms with Gasteiger partial charge in [-0.05, 0) is 19.1 Å². The van der Waals surface area contributed by atoms with Gasteiger partial charge in [-0.3, -0.25) is 0 Å². The number of carboxylic acid groups (broad SMARTS) is 1. The number of nitrogens with zero attached hydrogens (tertiary/aromatic N) is 3. The lowest BCUT2D eigenvalue weighted by Gasteiger charge is -2.06. The molecule has 0 saturated carbocycles. The van der Waals surface area contributed by atoms with Crippen molar-refractivity contribution < 1.29 is 9.90 Å². The first-order chi connectivity index (χ1) is 9.56. The highest BCUT2D eigenvalue weighted by atomic mass is 35.5. The number of hydrogen-bond donors (Lipinski definition) is 1. The molecule has 5 nitrogen and oxygen atoms in total. The van der Waals surface area contributed by atoms with Gasteiger partial charge >= 0.3 is 5.97 Å². The Balaban J connectivity index is 2.33. The number of aromatic nitrogens is 3. The Kier molecular flexibility index (Phi) is 2.91. The number of carbonyl (C=O) groups is 1. The van der Waals surface area contributed by atoms with Gasteiger partial charge in [0.15, 0.2) is 11.3 Å². The van der Waals surface area contributed by atoms with Crippen molar-refractivity contribution in [2.75, 3.05) is 0 Å². The van der Waals surface area contributed by atoms with Crippen LogP contribution < -0.4 is 0 Å². The zero-order chi connectivity index (χ0) is 14.3. The van der Waals surface area contributed by atoms with Gasteiger partial charge in [-0.25, -0.2) is 14.3 Å². The third-order valence-corrected chi connectivity index (χ3v) is 3.25. The fourth-order valence-corrected chi connectivity index (χ4v) is 2.28.